The molecule has 2 aromatic carbocycles. The van der Waals surface area contributed by atoms with Crippen molar-refractivity contribution in [2.45, 2.75) is 13.8 Å². The largest absolute Gasteiger partial charge is 0.492 e. The molecule has 32 heavy (non-hydrogen) atoms. The van der Waals surface area contributed by atoms with Crippen LogP contribution < -0.4 is 4.74 Å². The van der Waals surface area contributed by atoms with Gasteiger partial charge < -0.3 is 9.64 Å². The second-order valence-corrected chi connectivity index (χ2v) is 7.92. The summed E-state index contributed by atoms with van der Waals surface area (Å²) in [7, 11) is 0. The molecule has 1 aliphatic heterocycles. The molecule has 7 nitrogen and oxygen atoms in total. The standard InChI is InChI=1S/C25H28N4O3/c1-19-23(20(2)29(26-19)21-9-5-3-6-10-21)24(30)25(31)28-15-13-27(14-16-28)17-18-32-22-11-7-4-8-12-22/h3-12H,13-18H2,1-2H3. The first-order chi connectivity index (χ1) is 15.5. The summed E-state index contributed by atoms with van der Waals surface area (Å²) in [5.41, 5.74) is 2.52. The molecule has 1 aromatic heterocycles. The van der Waals surface area contributed by atoms with Crippen LogP contribution in [0, 0.1) is 13.8 Å². The van der Waals surface area contributed by atoms with Gasteiger partial charge in [-0.1, -0.05) is 36.4 Å². The zero-order valence-electron chi connectivity index (χ0n) is 18.5. The first kappa shape index (κ1) is 21.8. The van der Waals surface area contributed by atoms with Crippen LogP contribution in [0.5, 0.6) is 5.75 Å². The van der Waals surface area contributed by atoms with Crippen molar-refractivity contribution in [3.8, 4) is 11.4 Å². The van der Waals surface area contributed by atoms with Crippen LogP contribution in [0.25, 0.3) is 5.69 Å². The van der Waals surface area contributed by atoms with Gasteiger partial charge in [0.1, 0.15) is 12.4 Å². The average molecular weight is 433 g/mol. The molecule has 1 fully saturated rings. The van der Waals surface area contributed by atoms with Crippen LogP contribution in [0.3, 0.4) is 0 Å². The summed E-state index contributed by atoms with van der Waals surface area (Å²) in [5, 5.41) is 4.50. The summed E-state index contributed by atoms with van der Waals surface area (Å²) in [6.45, 7) is 7.48. The Morgan fingerprint density at radius 2 is 1.53 bits per heavy atom. The van der Waals surface area contributed by atoms with Crippen molar-refractivity contribution in [2.75, 3.05) is 39.3 Å². The predicted molar refractivity (Wildman–Crippen MR) is 122 cm³/mol. The number of hydrogen-bond acceptors (Lipinski definition) is 5. The van der Waals surface area contributed by atoms with Crippen molar-refractivity contribution in [3.63, 3.8) is 0 Å². The average Bonchev–Trinajstić information content (AvgIpc) is 3.13. The normalized spacial score (nSPS) is 14.4. The van der Waals surface area contributed by atoms with Crippen molar-refractivity contribution in [2.24, 2.45) is 0 Å². The van der Waals surface area contributed by atoms with Crippen molar-refractivity contribution in [1.82, 2.24) is 19.6 Å². The van der Waals surface area contributed by atoms with E-state index in [1.807, 2.05) is 67.6 Å². The Kier molecular flexibility index (Phi) is 6.66. The minimum atomic E-state index is -0.483. The number of aryl methyl sites for hydroxylation is 1. The summed E-state index contributed by atoms with van der Waals surface area (Å²) >= 11 is 0. The second kappa shape index (κ2) is 9.78. The molecule has 3 aromatic rings. The number of piperazine rings is 1. The van der Waals surface area contributed by atoms with E-state index >= 15 is 0 Å². The van der Waals surface area contributed by atoms with Crippen LogP contribution in [0.15, 0.2) is 60.7 Å². The molecule has 0 radical (unpaired) electrons. The highest BCUT2D eigenvalue weighted by molar-refractivity contribution is 6.43. The molecule has 7 heteroatoms. The number of amides is 1. The number of para-hydroxylation sites is 2. The molecule has 2 heterocycles. The maximum Gasteiger partial charge on any atom is 0.295 e. The van der Waals surface area contributed by atoms with Gasteiger partial charge in [0.25, 0.3) is 11.7 Å². The molecule has 1 saturated heterocycles. The van der Waals surface area contributed by atoms with Crippen LogP contribution in [0.4, 0.5) is 0 Å². The number of carbonyl (C=O) groups excluding carboxylic acids is 2. The maximum atomic E-state index is 13.1. The van der Waals surface area contributed by atoms with Gasteiger partial charge in [-0.15, -0.1) is 0 Å². The smallest absolute Gasteiger partial charge is 0.295 e. The number of rotatable bonds is 7. The third kappa shape index (κ3) is 4.73. The van der Waals surface area contributed by atoms with E-state index < -0.39 is 11.7 Å². The lowest BCUT2D eigenvalue weighted by molar-refractivity contribution is -0.128. The Morgan fingerprint density at radius 3 is 2.19 bits per heavy atom. The van der Waals surface area contributed by atoms with E-state index in [0.29, 0.717) is 36.6 Å². The van der Waals surface area contributed by atoms with E-state index in [4.69, 9.17) is 4.74 Å². The van der Waals surface area contributed by atoms with Crippen LogP contribution in [0.2, 0.25) is 0 Å². The first-order valence-corrected chi connectivity index (χ1v) is 10.9. The Labute approximate surface area is 188 Å². The topological polar surface area (TPSA) is 67.7 Å². The number of Topliss-reactive ketones (excluding diaryl/α,β-unsaturated/α-hetero) is 1. The lowest BCUT2D eigenvalue weighted by Gasteiger charge is -2.34. The zero-order valence-corrected chi connectivity index (χ0v) is 18.5. The molecule has 0 bridgehead atoms. The minimum absolute atomic E-state index is 0.401. The van der Waals surface area contributed by atoms with Crippen LogP contribution in [-0.2, 0) is 4.79 Å². The van der Waals surface area contributed by atoms with Gasteiger partial charge in [0.05, 0.1) is 22.6 Å². The molecular formula is C25H28N4O3. The maximum absolute atomic E-state index is 13.1. The second-order valence-electron chi connectivity index (χ2n) is 7.92. The van der Waals surface area contributed by atoms with Crippen LogP contribution >= 0.6 is 0 Å². The molecule has 0 unspecified atom stereocenters. The fourth-order valence-corrected chi connectivity index (χ4v) is 4.03. The lowest BCUT2D eigenvalue weighted by atomic mass is 10.1. The fraction of sp³-hybridized carbons (Fsp3) is 0.320. The van der Waals surface area contributed by atoms with Crippen molar-refractivity contribution >= 4 is 11.7 Å². The fourth-order valence-electron chi connectivity index (χ4n) is 4.03. The summed E-state index contributed by atoms with van der Waals surface area (Å²) < 4.78 is 7.48. The number of benzene rings is 2. The molecule has 0 spiro atoms. The number of aromatic nitrogens is 2. The van der Waals surface area contributed by atoms with Crippen LogP contribution in [0.1, 0.15) is 21.7 Å². The monoisotopic (exact) mass is 432 g/mol. The predicted octanol–water partition coefficient (Wildman–Crippen LogP) is 2.90. The minimum Gasteiger partial charge on any atom is -0.492 e. The number of hydrogen-bond donors (Lipinski definition) is 0. The third-order valence-electron chi connectivity index (χ3n) is 5.79. The van der Waals surface area contributed by atoms with Crippen molar-refractivity contribution in [3.05, 3.63) is 77.6 Å². The molecule has 0 aliphatic carbocycles. The molecule has 4 rings (SSSR count). The highest BCUT2D eigenvalue weighted by Gasteiger charge is 2.30. The van der Waals surface area contributed by atoms with Crippen molar-refractivity contribution < 1.29 is 14.3 Å². The zero-order chi connectivity index (χ0) is 22.5. The summed E-state index contributed by atoms with van der Waals surface area (Å²) in [5.74, 6) is -0.0826. The molecular weight excluding hydrogens is 404 g/mol. The van der Waals surface area contributed by atoms with Gasteiger partial charge in [-0.2, -0.15) is 5.10 Å². The lowest BCUT2D eigenvalue weighted by Crippen LogP contribution is -2.51. The molecule has 1 aliphatic rings. The Morgan fingerprint density at radius 1 is 0.906 bits per heavy atom. The first-order valence-electron chi connectivity index (χ1n) is 10.9. The Balaban J connectivity index is 1.33. The van der Waals surface area contributed by atoms with E-state index in [1.54, 1.807) is 16.5 Å². The van der Waals surface area contributed by atoms with E-state index in [-0.39, 0.29) is 0 Å². The van der Waals surface area contributed by atoms with E-state index in [9.17, 15) is 9.59 Å². The van der Waals surface area contributed by atoms with Crippen molar-refractivity contribution in [1.29, 1.82) is 0 Å². The Hall–Kier alpha value is -3.45. The van der Waals surface area contributed by atoms with Gasteiger partial charge in [0, 0.05) is 32.7 Å². The van der Waals surface area contributed by atoms with E-state index in [2.05, 4.69) is 10.00 Å². The molecule has 0 atom stereocenters. The van der Waals surface area contributed by atoms with Crippen LogP contribution in [-0.4, -0.2) is 70.6 Å². The number of nitrogens with zero attached hydrogens (tertiary/aromatic N) is 4. The SMILES string of the molecule is Cc1nn(-c2ccccc2)c(C)c1C(=O)C(=O)N1CCN(CCOc2ccccc2)CC1. The third-order valence-corrected chi connectivity index (χ3v) is 5.79. The summed E-state index contributed by atoms with van der Waals surface area (Å²) in [6.07, 6.45) is 0. The van der Waals surface area contributed by atoms with Gasteiger partial charge in [0.15, 0.2) is 0 Å². The van der Waals surface area contributed by atoms with E-state index in [0.717, 1.165) is 31.1 Å². The summed E-state index contributed by atoms with van der Waals surface area (Å²) in [6, 6.07) is 19.3. The summed E-state index contributed by atoms with van der Waals surface area (Å²) in [4.78, 5) is 29.9. The van der Waals surface area contributed by atoms with Gasteiger partial charge in [-0.25, -0.2) is 4.68 Å². The molecule has 1 amide bonds. The van der Waals surface area contributed by atoms with Gasteiger partial charge in [0.2, 0.25) is 0 Å². The highest BCUT2D eigenvalue weighted by atomic mass is 16.5. The van der Waals surface area contributed by atoms with Gasteiger partial charge in [-0.05, 0) is 38.1 Å². The van der Waals surface area contributed by atoms with E-state index in [1.165, 1.54) is 0 Å². The van der Waals surface area contributed by atoms with Gasteiger partial charge in [-0.3, -0.25) is 14.5 Å². The number of ketones is 1. The number of ether oxygens (including phenoxy) is 1. The highest BCUT2D eigenvalue weighted by Crippen LogP contribution is 2.19. The number of carbonyl (C=O) groups is 2. The Bertz CT molecular complexity index is 1070. The quantitative estimate of drug-likeness (QED) is 0.424. The molecule has 166 valence electrons. The molecule has 0 saturated carbocycles. The van der Waals surface area contributed by atoms with Gasteiger partial charge >= 0.3 is 0 Å². The molecule has 0 N–H and O–H groups in total.